The van der Waals surface area contributed by atoms with Crippen molar-refractivity contribution < 1.29 is 4.92 Å². The minimum absolute atomic E-state index is 0.0641. The lowest BCUT2D eigenvalue weighted by Gasteiger charge is -2.08. The van der Waals surface area contributed by atoms with Crippen molar-refractivity contribution >= 4 is 5.82 Å². The molecule has 0 aliphatic heterocycles. The van der Waals surface area contributed by atoms with Crippen LogP contribution >= 0.6 is 0 Å². The van der Waals surface area contributed by atoms with Gasteiger partial charge in [-0.1, -0.05) is 20.3 Å². The van der Waals surface area contributed by atoms with Crippen LogP contribution in [0.2, 0.25) is 0 Å². The molecule has 0 fully saturated rings. The topological polar surface area (TPSA) is 61.0 Å². The predicted molar refractivity (Wildman–Crippen MR) is 53.1 cm³/mol. The lowest BCUT2D eigenvalue weighted by molar-refractivity contribution is -0.389. The highest BCUT2D eigenvalue weighted by Gasteiger charge is 2.15. The second kappa shape index (κ2) is 4.21. The van der Waals surface area contributed by atoms with Crippen LogP contribution in [0.25, 0.3) is 0 Å². The van der Waals surface area contributed by atoms with Gasteiger partial charge in [0, 0.05) is 13.5 Å². The average molecular weight is 197 g/mol. The van der Waals surface area contributed by atoms with Crippen LogP contribution in [0.4, 0.5) is 5.82 Å². The lowest BCUT2D eigenvalue weighted by atomic mass is 10.1. The van der Waals surface area contributed by atoms with Gasteiger partial charge < -0.3 is 14.7 Å². The molecular weight excluding hydrogens is 182 g/mol. The van der Waals surface area contributed by atoms with Crippen LogP contribution in [0.1, 0.15) is 26.1 Å². The van der Waals surface area contributed by atoms with E-state index < -0.39 is 4.92 Å². The maximum atomic E-state index is 10.5. The first kappa shape index (κ1) is 10.7. The van der Waals surface area contributed by atoms with Crippen molar-refractivity contribution in [3.8, 4) is 0 Å². The second-order valence-corrected chi connectivity index (χ2v) is 3.57. The summed E-state index contributed by atoms with van der Waals surface area (Å²) >= 11 is 0. The van der Waals surface area contributed by atoms with Crippen molar-refractivity contribution in [3.63, 3.8) is 0 Å². The summed E-state index contributed by atoms with van der Waals surface area (Å²) in [5.41, 5.74) is 0. The fourth-order valence-electron chi connectivity index (χ4n) is 1.23. The minimum Gasteiger partial charge on any atom is -0.358 e. The summed E-state index contributed by atoms with van der Waals surface area (Å²) in [7, 11) is 0. The fraction of sp³-hybridized carbons (Fsp3) is 0.667. The summed E-state index contributed by atoms with van der Waals surface area (Å²) < 4.78 is 1.84. The number of nitro groups is 1. The summed E-state index contributed by atoms with van der Waals surface area (Å²) in [6.45, 7) is 6.80. The summed E-state index contributed by atoms with van der Waals surface area (Å²) in [6, 6.07) is 0. The molecule has 0 aromatic carbocycles. The summed E-state index contributed by atoms with van der Waals surface area (Å²) in [6.07, 6.45) is 2.56. The number of imidazole rings is 1. The highest BCUT2D eigenvalue weighted by Crippen LogP contribution is 2.13. The Morgan fingerprint density at radius 3 is 2.79 bits per heavy atom. The Labute approximate surface area is 82.9 Å². The smallest absolute Gasteiger partial charge is 0.358 e. The maximum Gasteiger partial charge on any atom is 0.381 e. The summed E-state index contributed by atoms with van der Waals surface area (Å²) in [4.78, 5) is 13.9. The van der Waals surface area contributed by atoms with Crippen LogP contribution in [0.3, 0.4) is 0 Å². The van der Waals surface area contributed by atoms with Crippen LogP contribution in [0.5, 0.6) is 0 Å². The number of aryl methyl sites for hydroxylation is 1. The van der Waals surface area contributed by atoms with E-state index in [1.165, 1.54) is 6.20 Å². The van der Waals surface area contributed by atoms with Gasteiger partial charge in [-0.15, -0.1) is 0 Å². The van der Waals surface area contributed by atoms with Gasteiger partial charge in [0.15, 0.2) is 0 Å². The maximum absolute atomic E-state index is 10.5. The molecule has 1 aromatic heterocycles. The van der Waals surface area contributed by atoms with E-state index in [0.29, 0.717) is 11.7 Å². The molecule has 0 saturated carbocycles. The van der Waals surface area contributed by atoms with Gasteiger partial charge in [-0.3, -0.25) is 0 Å². The van der Waals surface area contributed by atoms with Gasteiger partial charge in [0.05, 0.1) is 0 Å². The van der Waals surface area contributed by atoms with Crippen LogP contribution in [0.15, 0.2) is 6.20 Å². The number of aromatic nitrogens is 2. The molecule has 1 heterocycles. The monoisotopic (exact) mass is 197 g/mol. The van der Waals surface area contributed by atoms with Gasteiger partial charge in [-0.2, -0.15) is 0 Å². The zero-order chi connectivity index (χ0) is 10.7. The van der Waals surface area contributed by atoms with E-state index in [-0.39, 0.29) is 5.82 Å². The molecule has 0 amide bonds. The first-order chi connectivity index (χ1) is 6.54. The van der Waals surface area contributed by atoms with Crippen LogP contribution < -0.4 is 0 Å². The Bertz CT molecular complexity index is 333. The first-order valence-electron chi connectivity index (χ1n) is 4.72. The van der Waals surface area contributed by atoms with Crippen molar-refractivity contribution in [1.29, 1.82) is 0 Å². The molecule has 14 heavy (non-hydrogen) atoms. The van der Waals surface area contributed by atoms with E-state index in [2.05, 4.69) is 18.8 Å². The number of hydrogen-bond acceptors (Lipinski definition) is 3. The van der Waals surface area contributed by atoms with Crippen LogP contribution in [-0.2, 0) is 6.54 Å². The molecule has 0 unspecified atom stereocenters. The van der Waals surface area contributed by atoms with E-state index in [0.717, 1.165) is 13.0 Å². The quantitative estimate of drug-likeness (QED) is 0.548. The Hall–Kier alpha value is -1.39. The SMILES string of the molecule is CC[C@@H](C)Cn1cc([N+](=O)[O-])nc1C. The largest absolute Gasteiger partial charge is 0.381 e. The fourth-order valence-corrected chi connectivity index (χ4v) is 1.23. The third-order valence-electron chi connectivity index (χ3n) is 2.36. The van der Waals surface area contributed by atoms with E-state index in [4.69, 9.17) is 0 Å². The number of nitrogens with zero attached hydrogens (tertiary/aromatic N) is 3. The van der Waals surface area contributed by atoms with Crippen molar-refractivity contribution in [2.24, 2.45) is 5.92 Å². The average Bonchev–Trinajstić information content (AvgIpc) is 2.48. The molecule has 78 valence electrons. The van der Waals surface area contributed by atoms with Gasteiger partial charge in [0.25, 0.3) is 0 Å². The van der Waals surface area contributed by atoms with Crippen molar-refractivity contribution in [2.75, 3.05) is 0 Å². The Kier molecular flexibility index (Phi) is 3.22. The first-order valence-corrected chi connectivity index (χ1v) is 4.72. The molecule has 0 N–H and O–H groups in total. The standard InChI is InChI=1S/C9H15N3O2/c1-4-7(2)5-11-6-9(12(13)14)10-8(11)3/h6-7H,4-5H2,1-3H3/t7-/m1/s1. The third-order valence-corrected chi connectivity index (χ3v) is 2.36. The van der Waals surface area contributed by atoms with Gasteiger partial charge in [0.2, 0.25) is 5.82 Å². The summed E-state index contributed by atoms with van der Waals surface area (Å²) in [5.74, 6) is 1.16. The van der Waals surface area contributed by atoms with Crippen molar-refractivity contribution in [3.05, 3.63) is 22.1 Å². The van der Waals surface area contributed by atoms with Gasteiger partial charge in [-0.25, -0.2) is 0 Å². The number of rotatable bonds is 4. The predicted octanol–water partition coefficient (Wildman–Crippen LogP) is 2.15. The molecule has 1 aromatic rings. The highest BCUT2D eigenvalue weighted by atomic mass is 16.6. The lowest BCUT2D eigenvalue weighted by Crippen LogP contribution is -2.07. The summed E-state index contributed by atoms with van der Waals surface area (Å²) in [5, 5.41) is 10.5. The molecule has 1 atom stereocenters. The third kappa shape index (κ3) is 2.31. The van der Waals surface area contributed by atoms with E-state index >= 15 is 0 Å². The van der Waals surface area contributed by atoms with E-state index in [1.54, 1.807) is 6.92 Å². The molecule has 0 aliphatic carbocycles. The van der Waals surface area contributed by atoms with E-state index in [1.807, 2.05) is 4.57 Å². The van der Waals surface area contributed by atoms with Crippen molar-refractivity contribution in [1.82, 2.24) is 9.55 Å². The zero-order valence-corrected chi connectivity index (χ0v) is 8.73. The zero-order valence-electron chi connectivity index (χ0n) is 8.73. The number of hydrogen-bond donors (Lipinski definition) is 0. The minimum atomic E-state index is -0.458. The molecule has 5 nitrogen and oxygen atoms in total. The van der Waals surface area contributed by atoms with E-state index in [9.17, 15) is 10.1 Å². The molecule has 5 heteroatoms. The van der Waals surface area contributed by atoms with Gasteiger partial charge in [-0.05, 0) is 15.8 Å². The van der Waals surface area contributed by atoms with Gasteiger partial charge in [0.1, 0.15) is 6.20 Å². The molecule has 0 spiro atoms. The molecule has 0 saturated heterocycles. The molecule has 0 aliphatic rings. The van der Waals surface area contributed by atoms with Gasteiger partial charge >= 0.3 is 5.82 Å². The highest BCUT2D eigenvalue weighted by molar-refractivity contribution is 5.16. The van der Waals surface area contributed by atoms with Crippen LogP contribution in [-0.4, -0.2) is 14.5 Å². The Morgan fingerprint density at radius 2 is 2.36 bits per heavy atom. The molecule has 1 rings (SSSR count). The Morgan fingerprint density at radius 1 is 1.71 bits per heavy atom. The molecule has 0 bridgehead atoms. The van der Waals surface area contributed by atoms with Crippen LogP contribution in [0, 0.1) is 23.0 Å². The van der Waals surface area contributed by atoms with Crippen molar-refractivity contribution in [2.45, 2.75) is 33.7 Å². The molecular formula is C9H15N3O2. The molecule has 0 radical (unpaired) electrons. The normalized spacial score (nSPS) is 12.8. The Balaban J connectivity index is 2.82. The second-order valence-electron chi connectivity index (χ2n) is 3.57.